The summed E-state index contributed by atoms with van der Waals surface area (Å²) < 4.78 is 0.924. The van der Waals surface area contributed by atoms with Crippen LogP contribution in [-0.4, -0.2) is 28.2 Å². The summed E-state index contributed by atoms with van der Waals surface area (Å²) in [5.41, 5.74) is 1.55. The van der Waals surface area contributed by atoms with Gasteiger partial charge >= 0.3 is 0 Å². The van der Waals surface area contributed by atoms with E-state index in [9.17, 15) is 14.7 Å². The molecule has 1 saturated heterocycles. The van der Waals surface area contributed by atoms with Gasteiger partial charge in [-0.1, -0.05) is 149 Å². The number of rotatable bonds is 17. The molecule has 1 amide bonds. The van der Waals surface area contributed by atoms with E-state index in [2.05, 4.69) is 22.9 Å². The molecule has 5 heteroatoms. The second-order valence-corrected chi connectivity index (χ2v) is 11.4. The predicted molar refractivity (Wildman–Crippen MR) is 160 cm³/mol. The van der Waals surface area contributed by atoms with Crippen molar-refractivity contribution < 1.29 is 14.7 Å². The first-order chi connectivity index (χ1) is 18.5. The van der Waals surface area contributed by atoms with Gasteiger partial charge in [-0.25, -0.2) is 0 Å². The number of likely N-dealkylation sites (tertiary alicyclic amines) is 1. The van der Waals surface area contributed by atoms with Gasteiger partial charge in [-0.2, -0.15) is 0 Å². The van der Waals surface area contributed by atoms with Gasteiger partial charge in [0.2, 0.25) is 0 Å². The summed E-state index contributed by atoms with van der Waals surface area (Å²) in [7, 11) is 0. The topological polar surface area (TPSA) is 57.6 Å². The quantitative estimate of drug-likeness (QED) is 0.0875. The second-order valence-electron chi connectivity index (χ2n) is 10.5. The molecule has 3 rings (SSSR count). The van der Waals surface area contributed by atoms with Crippen molar-refractivity contribution in [2.45, 2.75) is 103 Å². The number of ketones is 1. The molecule has 38 heavy (non-hydrogen) atoms. The molecule has 0 spiro atoms. The molecule has 1 atom stereocenters. The SMILES string of the molecule is CCCCCCCCCCCCCCCCN1C(=O)C(=O)/C(=C(\O)c2ccccc2)C1c1ccc(Br)cc1. The van der Waals surface area contributed by atoms with Crippen molar-refractivity contribution in [3.63, 3.8) is 0 Å². The van der Waals surface area contributed by atoms with Crippen molar-refractivity contribution in [3.05, 3.63) is 75.8 Å². The summed E-state index contributed by atoms with van der Waals surface area (Å²) in [5, 5.41) is 11.1. The molecule has 1 aliphatic rings. The van der Waals surface area contributed by atoms with Crippen LogP contribution in [0.1, 0.15) is 114 Å². The number of benzene rings is 2. The van der Waals surface area contributed by atoms with Gasteiger partial charge < -0.3 is 10.0 Å². The Hall–Kier alpha value is -2.40. The lowest BCUT2D eigenvalue weighted by atomic mass is 9.95. The zero-order valence-electron chi connectivity index (χ0n) is 23.0. The van der Waals surface area contributed by atoms with E-state index < -0.39 is 17.7 Å². The molecule has 0 aromatic heterocycles. The summed E-state index contributed by atoms with van der Waals surface area (Å²) in [5.74, 6) is -1.24. The Morgan fingerprint density at radius 1 is 0.737 bits per heavy atom. The van der Waals surface area contributed by atoms with Crippen LogP contribution >= 0.6 is 15.9 Å². The van der Waals surface area contributed by atoms with Crippen LogP contribution in [0.2, 0.25) is 0 Å². The molecule has 1 aliphatic heterocycles. The molecule has 0 radical (unpaired) electrons. The van der Waals surface area contributed by atoms with Crippen LogP contribution in [0, 0.1) is 0 Å². The number of aliphatic hydroxyl groups is 1. The molecule has 1 heterocycles. The van der Waals surface area contributed by atoms with Gasteiger partial charge in [0.15, 0.2) is 0 Å². The van der Waals surface area contributed by atoms with E-state index in [-0.39, 0.29) is 11.3 Å². The van der Waals surface area contributed by atoms with Crippen LogP contribution in [0.25, 0.3) is 5.76 Å². The Morgan fingerprint density at radius 2 is 1.24 bits per heavy atom. The lowest BCUT2D eigenvalue weighted by Gasteiger charge is -2.25. The van der Waals surface area contributed by atoms with Crippen LogP contribution in [0.5, 0.6) is 0 Å². The maximum absolute atomic E-state index is 13.1. The molecule has 4 nitrogen and oxygen atoms in total. The summed E-state index contributed by atoms with van der Waals surface area (Å²) in [6, 6.07) is 16.1. The van der Waals surface area contributed by atoms with Gasteiger partial charge in [-0.15, -0.1) is 0 Å². The molecule has 0 bridgehead atoms. The number of carbonyl (C=O) groups is 2. The molecule has 1 fully saturated rings. The number of unbranched alkanes of at least 4 members (excludes halogenated alkanes) is 13. The van der Waals surface area contributed by atoms with E-state index in [4.69, 9.17) is 0 Å². The third-order valence-corrected chi connectivity index (χ3v) is 8.05. The Labute approximate surface area is 237 Å². The summed E-state index contributed by atoms with van der Waals surface area (Å²) >= 11 is 3.47. The lowest BCUT2D eigenvalue weighted by molar-refractivity contribution is -0.139. The minimum Gasteiger partial charge on any atom is -0.507 e. The Bertz CT molecular complexity index is 1030. The molecule has 0 saturated carbocycles. The van der Waals surface area contributed by atoms with Gasteiger partial charge in [0.05, 0.1) is 11.6 Å². The highest BCUT2D eigenvalue weighted by Gasteiger charge is 2.45. The van der Waals surface area contributed by atoms with E-state index in [1.807, 2.05) is 42.5 Å². The fourth-order valence-electron chi connectivity index (χ4n) is 5.33. The van der Waals surface area contributed by atoms with Crippen molar-refractivity contribution >= 4 is 33.4 Å². The molecule has 2 aromatic rings. The lowest BCUT2D eigenvalue weighted by Crippen LogP contribution is -2.30. The highest BCUT2D eigenvalue weighted by atomic mass is 79.9. The number of Topliss-reactive ketones (excluding diaryl/α,β-unsaturated/α-hetero) is 1. The monoisotopic (exact) mass is 581 g/mol. The second kappa shape index (κ2) is 16.5. The maximum Gasteiger partial charge on any atom is 0.295 e. The standard InChI is InChI=1S/C33H44BrNO3/c1-2-3-4-5-6-7-8-9-10-11-12-13-14-18-25-35-30(26-21-23-28(34)24-22-26)29(32(37)33(35)38)31(36)27-19-16-15-17-20-27/h15-17,19-24,30,36H,2-14,18,25H2,1H3/b31-29-. The molecular formula is C33H44BrNO3. The zero-order chi connectivity index (χ0) is 27.2. The van der Waals surface area contributed by atoms with Crippen LogP contribution < -0.4 is 0 Å². The van der Waals surface area contributed by atoms with Crippen LogP contribution in [0.15, 0.2) is 64.6 Å². The van der Waals surface area contributed by atoms with Crippen LogP contribution in [0.3, 0.4) is 0 Å². The molecule has 1 unspecified atom stereocenters. The third kappa shape index (κ3) is 8.83. The highest BCUT2D eigenvalue weighted by Crippen LogP contribution is 2.39. The van der Waals surface area contributed by atoms with Gasteiger partial charge in [-0.3, -0.25) is 9.59 Å². The number of amides is 1. The van der Waals surface area contributed by atoms with Gasteiger partial charge in [0.25, 0.3) is 11.7 Å². The minimum absolute atomic E-state index is 0.111. The van der Waals surface area contributed by atoms with Crippen molar-refractivity contribution in [2.24, 2.45) is 0 Å². The first-order valence-electron chi connectivity index (χ1n) is 14.6. The number of halogens is 1. The van der Waals surface area contributed by atoms with E-state index in [0.29, 0.717) is 12.1 Å². The van der Waals surface area contributed by atoms with Crippen molar-refractivity contribution in [3.8, 4) is 0 Å². The van der Waals surface area contributed by atoms with E-state index >= 15 is 0 Å². The van der Waals surface area contributed by atoms with E-state index in [1.165, 1.54) is 70.6 Å². The summed E-state index contributed by atoms with van der Waals surface area (Å²) in [6.45, 7) is 2.77. The van der Waals surface area contributed by atoms with Crippen LogP contribution in [0.4, 0.5) is 0 Å². The largest absolute Gasteiger partial charge is 0.507 e. The smallest absolute Gasteiger partial charge is 0.295 e. The molecular weight excluding hydrogens is 538 g/mol. The van der Waals surface area contributed by atoms with Gasteiger partial charge in [0.1, 0.15) is 5.76 Å². The Balaban J connectivity index is 1.50. The summed E-state index contributed by atoms with van der Waals surface area (Å²) in [4.78, 5) is 27.9. The Morgan fingerprint density at radius 3 is 1.76 bits per heavy atom. The first-order valence-corrected chi connectivity index (χ1v) is 15.4. The molecule has 206 valence electrons. The van der Waals surface area contributed by atoms with Gasteiger partial charge in [-0.05, 0) is 24.1 Å². The van der Waals surface area contributed by atoms with Crippen molar-refractivity contribution in [2.75, 3.05) is 6.54 Å². The average Bonchev–Trinajstić information content (AvgIpc) is 3.18. The first kappa shape index (κ1) is 30.1. The number of hydrogen-bond acceptors (Lipinski definition) is 3. The minimum atomic E-state index is -0.607. The fourth-order valence-corrected chi connectivity index (χ4v) is 5.59. The number of aliphatic hydroxyl groups excluding tert-OH is 1. The fraction of sp³-hybridized carbons (Fsp3) is 0.515. The van der Waals surface area contributed by atoms with Crippen molar-refractivity contribution in [1.29, 1.82) is 0 Å². The maximum atomic E-state index is 13.1. The summed E-state index contributed by atoms with van der Waals surface area (Å²) in [6.07, 6.45) is 17.8. The molecule has 2 aromatic carbocycles. The molecule has 0 aliphatic carbocycles. The molecule has 1 N–H and O–H groups in total. The highest BCUT2D eigenvalue weighted by molar-refractivity contribution is 9.10. The number of hydrogen-bond donors (Lipinski definition) is 1. The van der Waals surface area contributed by atoms with Gasteiger partial charge in [0, 0.05) is 16.6 Å². The zero-order valence-corrected chi connectivity index (χ0v) is 24.6. The normalized spacial score (nSPS) is 16.9. The Kier molecular flexibility index (Phi) is 13.1. The van der Waals surface area contributed by atoms with Crippen LogP contribution in [-0.2, 0) is 9.59 Å². The van der Waals surface area contributed by atoms with E-state index in [0.717, 1.165) is 29.3 Å². The number of nitrogens with zero attached hydrogens (tertiary/aromatic N) is 1. The number of carbonyl (C=O) groups excluding carboxylic acids is 2. The van der Waals surface area contributed by atoms with E-state index in [1.54, 1.807) is 17.0 Å². The van der Waals surface area contributed by atoms with Crippen molar-refractivity contribution in [1.82, 2.24) is 4.90 Å². The predicted octanol–water partition coefficient (Wildman–Crippen LogP) is 9.35. The average molecular weight is 583 g/mol. The third-order valence-electron chi connectivity index (χ3n) is 7.53.